The van der Waals surface area contributed by atoms with E-state index in [2.05, 4.69) is 13.8 Å². The van der Waals surface area contributed by atoms with Gasteiger partial charge in [-0.15, -0.1) is 0 Å². The Bertz CT molecular complexity index is 229. The van der Waals surface area contributed by atoms with Crippen LogP contribution in [0.2, 0.25) is 0 Å². The Morgan fingerprint density at radius 2 is 1.59 bits per heavy atom. The second-order valence-electron chi connectivity index (χ2n) is 6.61. The molecule has 0 aromatic carbocycles. The molecule has 1 aliphatic heterocycles. The second kappa shape index (κ2) is 14.5. The Balaban J connectivity index is 1.95. The molecule has 2 unspecified atom stereocenters. The van der Waals surface area contributed by atoms with Crippen LogP contribution in [-0.2, 0) is 14.2 Å². The normalized spacial score (nSPS) is 18.5. The SMILES string of the molecule is CCCCCCCCCC(CCCOCC1CO1)COCC. The van der Waals surface area contributed by atoms with Crippen LogP contribution in [0.5, 0.6) is 0 Å². The predicted molar refractivity (Wildman–Crippen MR) is 92.4 cm³/mol. The van der Waals surface area contributed by atoms with E-state index in [1.807, 2.05) is 0 Å². The first-order valence-electron chi connectivity index (χ1n) is 9.63. The van der Waals surface area contributed by atoms with E-state index in [1.54, 1.807) is 0 Å². The van der Waals surface area contributed by atoms with Crippen molar-refractivity contribution in [2.75, 3.05) is 33.0 Å². The van der Waals surface area contributed by atoms with Crippen LogP contribution in [0.25, 0.3) is 0 Å². The van der Waals surface area contributed by atoms with Crippen LogP contribution in [-0.4, -0.2) is 39.1 Å². The Morgan fingerprint density at radius 3 is 2.27 bits per heavy atom. The van der Waals surface area contributed by atoms with E-state index in [1.165, 1.54) is 57.8 Å². The highest BCUT2D eigenvalue weighted by Gasteiger charge is 2.22. The van der Waals surface area contributed by atoms with E-state index in [0.29, 0.717) is 6.10 Å². The zero-order valence-corrected chi connectivity index (χ0v) is 15.0. The molecule has 1 saturated heterocycles. The molecule has 1 fully saturated rings. The Kier molecular flexibility index (Phi) is 13.1. The lowest BCUT2D eigenvalue weighted by Gasteiger charge is -2.16. The molecule has 0 aromatic heterocycles. The van der Waals surface area contributed by atoms with Gasteiger partial charge in [-0.2, -0.15) is 0 Å². The van der Waals surface area contributed by atoms with Gasteiger partial charge in [0.1, 0.15) is 6.10 Å². The number of rotatable bonds is 17. The molecule has 3 heteroatoms. The number of unbranched alkanes of at least 4 members (excludes halogenated alkanes) is 6. The molecule has 0 spiro atoms. The fourth-order valence-corrected chi connectivity index (χ4v) is 2.84. The molecule has 0 amide bonds. The van der Waals surface area contributed by atoms with Crippen LogP contribution < -0.4 is 0 Å². The van der Waals surface area contributed by atoms with Gasteiger partial charge in [-0.05, 0) is 32.1 Å². The summed E-state index contributed by atoms with van der Waals surface area (Å²) in [6, 6.07) is 0. The minimum atomic E-state index is 0.395. The summed E-state index contributed by atoms with van der Waals surface area (Å²) in [6.45, 7) is 8.68. The lowest BCUT2D eigenvalue weighted by molar-refractivity contribution is 0.0846. The first kappa shape index (κ1) is 19.9. The largest absolute Gasteiger partial charge is 0.381 e. The van der Waals surface area contributed by atoms with E-state index in [4.69, 9.17) is 14.2 Å². The van der Waals surface area contributed by atoms with Crippen LogP contribution in [0.3, 0.4) is 0 Å². The summed E-state index contributed by atoms with van der Waals surface area (Å²) in [5, 5.41) is 0. The van der Waals surface area contributed by atoms with Crippen molar-refractivity contribution < 1.29 is 14.2 Å². The summed E-state index contributed by atoms with van der Waals surface area (Å²) in [6.07, 6.45) is 13.8. The van der Waals surface area contributed by atoms with Gasteiger partial charge in [-0.1, -0.05) is 51.9 Å². The summed E-state index contributed by atoms with van der Waals surface area (Å²) in [5.41, 5.74) is 0. The zero-order valence-electron chi connectivity index (χ0n) is 15.0. The molecule has 0 saturated carbocycles. The summed E-state index contributed by atoms with van der Waals surface area (Å²) < 4.78 is 16.4. The van der Waals surface area contributed by atoms with Crippen LogP contribution in [0, 0.1) is 5.92 Å². The summed E-state index contributed by atoms with van der Waals surface area (Å²) in [5.74, 6) is 0.719. The molecule has 1 aliphatic rings. The fourth-order valence-electron chi connectivity index (χ4n) is 2.84. The van der Waals surface area contributed by atoms with Crippen molar-refractivity contribution in [3.8, 4) is 0 Å². The molecule has 22 heavy (non-hydrogen) atoms. The minimum Gasteiger partial charge on any atom is -0.381 e. The minimum absolute atomic E-state index is 0.395. The summed E-state index contributed by atoms with van der Waals surface area (Å²) >= 11 is 0. The molecule has 0 aliphatic carbocycles. The van der Waals surface area contributed by atoms with Crippen LogP contribution >= 0.6 is 0 Å². The number of epoxide rings is 1. The van der Waals surface area contributed by atoms with Crippen molar-refractivity contribution in [2.24, 2.45) is 5.92 Å². The molecule has 2 atom stereocenters. The molecule has 0 aromatic rings. The van der Waals surface area contributed by atoms with Crippen molar-refractivity contribution in [3.63, 3.8) is 0 Å². The lowest BCUT2D eigenvalue weighted by Crippen LogP contribution is -2.12. The van der Waals surface area contributed by atoms with Crippen molar-refractivity contribution in [2.45, 2.75) is 84.2 Å². The smallest absolute Gasteiger partial charge is 0.104 e. The average molecular weight is 315 g/mol. The van der Waals surface area contributed by atoms with Crippen LogP contribution in [0.4, 0.5) is 0 Å². The molecule has 0 bridgehead atoms. The van der Waals surface area contributed by atoms with Gasteiger partial charge in [0.05, 0.1) is 13.2 Å². The van der Waals surface area contributed by atoms with Gasteiger partial charge in [0.15, 0.2) is 0 Å². The summed E-state index contributed by atoms with van der Waals surface area (Å²) in [7, 11) is 0. The Labute approximate surface area is 138 Å². The van der Waals surface area contributed by atoms with Gasteiger partial charge >= 0.3 is 0 Å². The van der Waals surface area contributed by atoms with Crippen LogP contribution in [0.1, 0.15) is 78.1 Å². The quantitative estimate of drug-likeness (QED) is 0.280. The third-order valence-corrected chi connectivity index (χ3v) is 4.38. The fraction of sp³-hybridized carbons (Fsp3) is 1.00. The molecule has 1 rings (SSSR count). The van der Waals surface area contributed by atoms with Crippen molar-refractivity contribution in [1.29, 1.82) is 0 Å². The van der Waals surface area contributed by atoms with Gasteiger partial charge in [-0.25, -0.2) is 0 Å². The Morgan fingerprint density at radius 1 is 0.909 bits per heavy atom. The standard InChI is InChI=1S/C19H38O3/c1-3-5-6-7-8-9-10-12-18(15-20-4-2)13-11-14-21-16-19-17-22-19/h18-19H,3-17H2,1-2H3. The first-order valence-corrected chi connectivity index (χ1v) is 9.63. The lowest BCUT2D eigenvalue weighted by atomic mass is 9.96. The molecule has 0 radical (unpaired) electrons. The third kappa shape index (κ3) is 12.4. The molecule has 0 N–H and O–H groups in total. The van der Waals surface area contributed by atoms with E-state index in [0.717, 1.165) is 45.4 Å². The topological polar surface area (TPSA) is 31.0 Å². The van der Waals surface area contributed by atoms with E-state index in [-0.39, 0.29) is 0 Å². The monoisotopic (exact) mass is 314 g/mol. The predicted octanol–water partition coefficient (Wildman–Crippen LogP) is 4.98. The van der Waals surface area contributed by atoms with Crippen molar-refractivity contribution >= 4 is 0 Å². The highest BCUT2D eigenvalue weighted by atomic mass is 16.6. The van der Waals surface area contributed by atoms with Gasteiger partial charge in [0.25, 0.3) is 0 Å². The maximum absolute atomic E-state index is 5.65. The third-order valence-electron chi connectivity index (χ3n) is 4.38. The van der Waals surface area contributed by atoms with Crippen LogP contribution in [0.15, 0.2) is 0 Å². The molecular weight excluding hydrogens is 276 g/mol. The van der Waals surface area contributed by atoms with Gasteiger partial charge in [0.2, 0.25) is 0 Å². The molecule has 1 heterocycles. The van der Waals surface area contributed by atoms with E-state index < -0.39 is 0 Å². The van der Waals surface area contributed by atoms with Gasteiger partial charge in [-0.3, -0.25) is 0 Å². The van der Waals surface area contributed by atoms with E-state index in [9.17, 15) is 0 Å². The number of ether oxygens (including phenoxy) is 3. The highest BCUT2D eigenvalue weighted by molar-refractivity contribution is 4.67. The Hall–Kier alpha value is -0.120. The van der Waals surface area contributed by atoms with Crippen molar-refractivity contribution in [1.82, 2.24) is 0 Å². The average Bonchev–Trinajstić information content (AvgIpc) is 3.34. The maximum atomic E-state index is 5.65. The summed E-state index contributed by atoms with van der Waals surface area (Å²) in [4.78, 5) is 0. The van der Waals surface area contributed by atoms with Crippen molar-refractivity contribution in [3.05, 3.63) is 0 Å². The number of hydrogen-bond donors (Lipinski definition) is 0. The highest BCUT2D eigenvalue weighted by Crippen LogP contribution is 2.18. The van der Waals surface area contributed by atoms with Gasteiger partial charge in [0, 0.05) is 19.8 Å². The first-order chi connectivity index (χ1) is 10.9. The molecule has 3 nitrogen and oxygen atoms in total. The van der Waals surface area contributed by atoms with E-state index >= 15 is 0 Å². The number of hydrogen-bond acceptors (Lipinski definition) is 3. The zero-order chi connectivity index (χ0) is 15.9. The molecular formula is C19H38O3. The molecule has 132 valence electrons. The maximum Gasteiger partial charge on any atom is 0.104 e. The second-order valence-corrected chi connectivity index (χ2v) is 6.61. The van der Waals surface area contributed by atoms with Gasteiger partial charge < -0.3 is 14.2 Å².